The standard InChI is InChI=1S/C14H18F2N2O.ClH/c1-8(10-6-17-7-10)14(19)18-9(2)12-4-3-11(15)5-13(12)16;/h3-5,8-10,17H,6-7H2,1-2H3,(H,18,19);1H/t8?,9-;/m1./s1. The van der Waals surface area contributed by atoms with Crippen LogP contribution < -0.4 is 10.6 Å². The Morgan fingerprint density at radius 2 is 2.00 bits per heavy atom. The number of nitrogens with one attached hydrogen (secondary N) is 2. The van der Waals surface area contributed by atoms with Crippen LogP contribution in [0.1, 0.15) is 25.5 Å². The maximum Gasteiger partial charge on any atom is 0.223 e. The minimum absolute atomic E-state index is 0. The van der Waals surface area contributed by atoms with Crippen LogP contribution in [0.15, 0.2) is 18.2 Å². The van der Waals surface area contributed by atoms with Gasteiger partial charge in [-0.25, -0.2) is 8.78 Å². The van der Waals surface area contributed by atoms with Gasteiger partial charge in [0.1, 0.15) is 11.6 Å². The topological polar surface area (TPSA) is 41.1 Å². The molecule has 1 saturated heterocycles. The average Bonchev–Trinajstić information content (AvgIpc) is 2.25. The third-order valence-corrected chi connectivity index (χ3v) is 3.72. The molecule has 20 heavy (non-hydrogen) atoms. The van der Waals surface area contributed by atoms with Crippen molar-refractivity contribution in [1.82, 2.24) is 10.6 Å². The van der Waals surface area contributed by atoms with Gasteiger partial charge in [0.15, 0.2) is 0 Å². The van der Waals surface area contributed by atoms with E-state index < -0.39 is 17.7 Å². The van der Waals surface area contributed by atoms with Crippen molar-refractivity contribution in [2.24, 2.45) is 11.8 Å². The largest absolute Gasteiger partial charge is 0.349 e. The van der Waals surface area contributed by atoms with E-state index in [0.29, 0.717) is 11.5 Å². The fourth-order valence-electron chi connectivity index (χ4n) is 2.15. The Morgan fingerprint density at radius 1 is 1.35 bits per heavy atom. The van der Waals surface area contributed by atoms with Crippen molar-refractivity contribution in [3.63, 3.8) is 0 Å². The zero-order valence-corrected chi connectivity index (χ0v) is 12.3. The molecule has 2 rings (SSSR count). The number of hydrogen-bond donors (Lipinski definition) is 2. The number of hydrogen-bond acceptors (Lipinski definition) is 2. The lowest BCUT2D eigenvalue weighted by Gasteiger charge is -2.32. The summed E-state index contributed by atoms with van der Waals surface area (Å²) in [5, 5.41) is 5.89. The summed E-state index contributed by atoms with van der Waals surface area (Å²) < 4.78 is 26.4. The van der Waals surface area contributed by atoms with Crippen LogP contribution in [-0.4, -0.2) is 19.0 Å². The molecule has 0 spiro atoms. The van der Waals surface area contributed by atoms with Crippen molar-refractivity contribution in [1.29, 1.82) is 0 Å². The summed E-state index contributed by atoms with van der Waals surface area (Å²) in [6, 6.07) is 2.92. The molecule has 1 unspecified atom stereocenters. The van der Waals surface area contributed by atoms with E-state index in [0.717, 1.165) is 19.2 Å². The summed E-state index contributed by atoms with van der Waals surface area (Å²) in [5.74, 6) is -1.11. The molecule has 1 fully saturated rings. The molecule has 1 aliphatic heterocycles. The molecular weight excluding hydrogens is 286 g/mol. The molecule has 1 amide bonds. The van der Waals surface area contributed by atoms with Crippen LogP contribution in [0.3, 0.4) is 0 Å². The molecule has 112 valence electrons. The summed E-state index contributed by atoms with van der Waals surface area (Å²) in [6.45, 7) is 5.25. The van der Waals surface area contributed by atoms with E-state index in [1.807, 2.05) is 6.92 Å². The van der Waals surface area contributed by atoms with Gasteiger partial charge < -0.3 is 10.6 Å². The molecule has 0 saturated carbocycles. The zero-order chi connectivity index (χ0) is 14.0. The Morgan fingerprint density at radius 3 is 2.50 bits per heavy atom. The van der Waals surface area contributed by atoms with Gasteiger partial charge >= 0.3 is 0 Å². The lowest BCUT2D eigenvalue weighted by atomic mass is 9.88. The van der Waals surface area contributed by atoms with Crippen LogP contribution in [0.4, 0.5) is 8.78 Å². The van der Waals surface area contributed by atoms with Gasteiger partial charge in [0, 0.05) is 17.5 Å². The summed E-state index contributed by atoms with van der Waals surface area (Å²) in [7, 11) is 0. The quantitative estimate of drug-likeness (QED) is 0.897. The fraction of sp³-hybridized carbons (Fsp3) is 0.500. The van der Waals surface area contributed by atoms with E-state index in [2.05, 4.69) is 10.6 Å². The van der Waals surface area contributed by atoms with Gasteiger partial charge in [0.05, 0.1) is 6.04 Å². The minimum Gasteiger partial charge on any atom is -0.349 e. The van der Waals surface area contributed by atoms with Gasteiger partial charge in [-0.1, -0.05) is 13.0 Å². The first-order valence-corrected chi connectivity index (χ1v) is 6.45. The molecule has 0 aromatic heterocycles. The van der Waals surface area contributed by atoms with Gasteiger partial charge in [0.25, 0.3) is 0 Å². The van der Waals surface area contributed by atoms with E-state index in [9.17, 15) is 13.6 Å². The van der Waals surface area contributed by atoms with Crippen LogP contribution in [-0.2, 0) is 4.79 Å². The second-order valence-electron chi connectivity index (χ2n) is 5.10. The summed E-state index contributed by atoms with van der Waals surface area (Å²) in [4.78, 5) is 12.0. The lowest BCUT2D eigenvalue weighted by Crippen LogP contribution is -2.49. The molecule has 0 aliphatic carbocycles. The number of rotatable bonds is 4. The number of amides is 1. The molecule has 1 heterocycles. The summed E-state index contributed by atoms with van der Waals surface area (Å²) in [6.07, 6.45) is 0. The minimum atomic E-state index is -0.634. The number of benzene rings is 1. The monoisotopic (exact) mass is 304 g/mol. The SMILES string of the molecule is CC(C(=O)N[C@H](C)c1ccc(F)cc1F)C1CNC1.Cl. The van der Waals surface area contributed by atoms with Crippen molar-refractivity contribution in [3.8, 4) is 0 Å². The second-order valence-corrected chi connectivity index (χ2v) is 5.10. The van der Waals surface area contributed by atoms with Crippen LogP contribution in [0.25, 0.3) is 0 Å². The van der Waals surface area contributed by atoms with Crippen molar-refractivity contribution in [2.45, 2.75) is 19.9 Å². The van der Waals surface area contributed by atoms with Crippen molar-refractivity contribution < 1.29 is 13.6 Å². The Bertz CT molecular complexity index is 480. The van der Waals surface area contributed by atoms with Crippen molar-refractivity contribution >= 4 is 18.3 Å². The number of carbonyl (C=O) groups is 1. The molecular formula is C14H19ClF2N2O. The normalized spacial score (nSPS) is 17.6. The highest BCUT2D eigenvalue weighted by Gasteiger charge is 2.29. The molecule has 2 atom stereocenters. The first kappa shape index (κ1) is 16.9. The predicted octanol–water partition coefficient (Wildman–Crippen LogP) is 2.42. The summed E-state index contributed by atoms with van der Waals surface area (Å²) in [5.41, 5.74) is 0.300. The molecule has 3 nitrogen and oxygen atoms in total. The number of carbonyl (C=O) groups excluding carboxylic acids is 1. The summed E-state index contributed by atoms with van der Waals surface area (Å²) >= 11 is 0. The maximum absolute atomic E-state index is 13.6. The van der Waals surface area contributed by atoms with Gasteiger partial charge in [-0.2, -0.15) is 0 Å². The zero-order valence-electron chi connectivity index (χ0n) is 11.5. The molecule has 1 aliphatic rings. The molecule has 6 heteroatoms. The van der Waals surface area contributed by atoms with E-state index >= 15 is 0 Å². The third-order valence-electron chi connectivity index (χ3n) is 3.72. The van der Waals surface area contributed by atoms with E-state index in [1.54, 1.807) is 6.92 Å². The third kappa shape index (κ3) is 3.67. The second kappa shape index (κ2) is 6.99. The van der Waals surface area contributed by atoms with E-state index in [1.165, 1.54) is 12.1 Å². The predicted molar refractivity (Wildman–Crippen MR) is 75.7 cm³/mol. The lowest BCUT2D eigenvalue weighted by molar-refractivity contribution is -0.127. The van der Waals surface area contributed by atoms with Crippen LogP contribution in [0.5, 0.6) is 0 Å². The Balaban J connectivity index is 0.00000200. The molecule has 1 aromatic rings. The Labute approximate surface area is 123 Å². The highest BCUT2D eigenvalue weighted by molar-refractivity contribution is 5.85. The highest BCUT2D eigenvalue weighted by Crippen LogP contribution is 2.20. The molecule has 1 aromatic carbocycles. The fourth-order valence-corrected chi connectivity index (χ4v) is 2.15. The molecule has 2 N–H and O–H groups in total. The van der Waals surface area contributed by atoms with Crippen LogP contribution in [0.2, 0.25) is 0 Å². The molecule has 0 bridgehead atoms. The highest BCUT2D eigenvalue weighted by atomic mass is 35.5. The average molecular weight is 305 g/mol. The Kier molecular flexibility index (Phi) is 5.89. The van der Waals surface area contributed by atoms with Gasteiger partial charge in [-0.3, -0.25) is 4.79 Å². The smallest absolute Gasteiger partial charge is 0.223 e. The van der Waals surface area contributed by atoms with E-state index in [-0.39, 0.29) is 24.2 Å². The Hall–Kier alpha value is -1.20. The van der Waals surface area contributed by atoms with Gasteiger partial charge in [-0.05, 0) is 32.0 Å². The first-order valence-electron chi connectivity index (χ1n) is 6.45. The van der Waals surface area contributed by atoms with Gasteiger partial charge in [0.2, 0.25) is 5.91 Å². The van der Waals surface area contributed by atoms with Crippen LogP contribution >= 0.6 is 12.4 Å². The van der Waals surface area contributed by atoms with Crippen molar-refractivity contribution in [3.05, 3.63) is 35.4 Å². The molecule has 0 radical (unpaired) electrons. The van der Waals surface area contributed by atoms with Crippen LogP contribution in [0, 0.1) is 23.5 Å². The van der Waals surface area contributed by atoms with Crippen molar-refractivity contribution in [2.75, 3.05) is 13.1 Å². The number of halogens is 3. The van der Waals surface area contributed by atoms with E-state index in [4.69, 9.17) is 0 Å². The van der Waals surface area contributed by atoms with Gasteiger partial charge in [-0.15, -0.1) is 12.4 Å². The maximum atomic E-state index is 13.6. The first-order chi connectivity index (χ1) is 8.99.